The zero-order chi connectivity index (χ0) is 32.8. The lowest BCUT2D eigenvalue weighted by Gasteiger charge is -2.23. The second kappa shape index (κ2) is 14.6. The molecule has 0 aliphatic carbocycles. The SMILES string of the molecule is Cc1coc([C@H]2CCCN2C(=O)c2cc(CF)cc(C(=O)N[C@@H](C)CCc3ccc(NCc4cncc(C(C)C)c4)c(O)c3)c2)n1. The van der Waals surface area contributed by atoms with Crippen molar-refractivity contribution in [3.05, 3.63) is 106 Å². The highest BCUT2D eigenvalue weighted by molar-refractivity contribution is 6.00. The molecule has 1 aliphatic rings. The summed E-state index contributed by atoms with van der Waals surface area (Å²) in [5.74, 6) is 0.366. The molecule has 2 aromatic heterocycles. The summed E-state index contributed by atoms with van der Waals surface area (Å²) in [6.07, 6.45) is 8.01. The normalized spacial score (nSPS) is 15.3. The van der Waals surface area contributed by atoms with Gasteiger partial charge in [0.1, 0.15) is 24.7 Å². The molecule has 3 N–H and O–H groups in total. The zero-order valence-corrected chi connectivity index (χ0v) is 26.8. The quantitative estimate of drug-likeness (QED) is 0.144. The second-order valence-corrected chi connectivity index (χ2v) is 12.4. The highest BCUT2D eigenvalue weighted by Gasteiger charge is 2.34. The predicted molar refractivity (Wildman–Crippen MR) is 175 cm³/mol. The molecule has 2 aromatic carbocycles. The lowest BCUT2D eigenvalue weighted by Crippen LogP contribution is -2.34. The Morgan fingerprint density at radius 3 is 2.59 bits per heavy atom. The average Bonchev–Trinajstić information content (AvgIpc) is 3.72. The number of halogens is 1. The van der Waals surface area contributed by atoms with Crippen LogP contribution in [0.5, 0.6) is 5.75 Å². The molecule has 0 spiro atoms. The molecule has 4 aromatic rings. The highest BCUT2D eigenvalue weighted by Crippen LogP contribution is 2.33. The lowest BCUT2D eigenvalue weighted by atomic mass is 10.0. The minimum atomic E-state index is -0.797. The van der Waals surface area contributed by atoms with Gasteiger partial charge in [0.2, 0.25) is 5.89 Å². The van der Waals surface area contributed by atoms with Crippen LogP contribution in [0.4, 0.5) is 10.1 Å². The first-order valence-corrected chi connectivity index (χ1v) is 15.8. The van der Waals surface area contributed by atoms with Crippen LogP contribution in [0, 0.1) is 6.92 Å². The molecule has 3 heterocycles. The highest BCUT2D eigenvalue weighted by atomic mass is 19.1. The van der Waals surface area contributed by atoms with E-state index in [-0.39, 0.29) is 46.3 Å². The predicted octanol–water partition coefficient (Wildman–Crippen LogP) is 7.02. The number of phenolic OH excluding ortho intramolecular Hbond substituents is 1. The van der Waals surface area contributed by atoms with E-state index in [1.165, 1.54) is 23.8 Å². The fraction of sp³-hybridized carbons (Fsp3) is 0.389. The zero-order valence-electron chi connectivity index (χ0n) is 26.8. The molecule has 1 aliphatic heterocycles. The first kappa shape index (κ1) is 32.7. The lowest BCUT2D eigenvalue weighted by molar-refractivity contribution is 0.0715. The van der Waals surface area contributed by atoms with Crippen molar-refractivity contribution < 1.29 is 23.5 Å². The summed E-state index contributed by atoms with van der Waals surface area (Å²) >= 11 is 0. The van der Waals surface area contributed by atoms with Crippen LogP contribution in [-0.2, 0) is 19.6 Å². The van der Waals surface area contributed by atoms with Crippen molar-refractivity contribution in [3.8, 4) is 5.75 Å². The third-order valence-corrected chi connectivity index (χ3v) is 8.36. The number of oxazole rings is 1. The molecule has 9 nitrogen and oxygen atoms in total. The number of aromatic hydroxyl groups is 1. The van der Waals surface area contributed by atoms with E-state index >= 15 is 0 Å². The molecule has 46 heavy (non-hydrogen) atoms. The summed E-state index contributed by atoms with van der Waals surface area (Å²) in [6.45, 7) is 8.25. The van der Waals surface area contributed by atoms with Crippen molar-refractivity contribution >= 4 is 17.5 Å². The number of aromatic nitrogens is 2. The molecule has 2 amide bonds. The van der Waals surface area contributed by atoms with Gasteiger partial charge in [-0.05, 0) is 98.0 Å². The molecule has 0 unspecified atom stereocenters. The van der Waals surface area contributed by atoms with E-state index in [1.807, 2.05) is 38.4 Å². The third-order valence-electron chi connectivity index (χ3n) is 8.36. The summed E-state index contributed by atoms with van der Waals surface area (Å²) in [4.78, 5) is 37.2. The van der Waals surface area contributed by atoms with Crippen molar-refractivity contribution in [1.82, 2.24) is 20.2 Å². The second-order valence-electron chi connectivity index (χ2n) is 12.4. The van der Waals surface area contributed by atoms with Gasteiger partial charge < -0.3 is 25.1 Å². The molecule has 0 radical (unpaired) electrons. The van der Waals surface area contributed by atoms with Crippen LogP contribution in [0.3, 0.4) is 0 Å². The number of phenols is 1. The first-order valence-electron chi connectivity index (χ1n) is 15.8. The van der Waals surface area contributed by atoms with Gasteiger partial charge in [-0.3, -0.25) is 14.6 Å². The van der Waals surface area contributed by atoms with Gasteiger partial charge in [0, 0.05) is 42.7 Å². The standard InChI is InChI=1S/C36H42FN5O4/c1-22(2)30-14-27(18-38-20-30)19-39-31-10-9-25(15-33(31)43)8-7-23(3)40-34(44)28-12-26(17-37)13-29(16-28)36(45)42-11-5-6-32(42)35-41-24(4)21-46-35/h9-10,12-16,18,20-23,32,39,43H,5-8,11,17,19H2,1-4H3,(H,40,44)/t23-,32+/m0/s1. The number of carbonyl (C=O) groups is 2. The molecule has 242 valence electrons. The van der Waals surface area contributed by atoms with E-state index in [0.717, 1.165) is 29.7 Å². The Morgan fingerprint density at radius 1 is 1.07 bits per heavy atom. The number of hydrogen-bond acceptors (Lipinski definition) is 7. The molecule has 1 fully saturated rings. The Hall–Kier alpha value is -4.73. The Bertz CT molecular complexity index is 1690. The first-order chi connectivity index (χ1) is 22.1. The summed E-state index contributed by atoms with van der Waals surface area (Å²) in [5.41, 5.74) is 5.26. The Morgan fingerprint density at radius 2 is 1.87 bits per heavy atom. The largest absolute Gasteiger partial charge is 0.506 e. The molecular formula is C36H42FN5O4. The maximum atomic E-state index is 13.8. The summed E-state index contributed by atoms with van der Waals surface area (Å²) < 4.78 is 19.4. The van der Waals surface area contributed by atoms with Crippen LogP contribution in [0.25, 0.3) is 0 Å². The van der Waals surface area contributed by atoms with Gasteiger partial charge in [-0.1, -0.05) is 26.0 Å². The molecule has 1 saturated heterocycles. The molecular weight excluding hydrogens is 585 g/mol. The van der Waals surface area contributed by atoms with E-state index in [4.69, 9.17) is 4.42 Å². The number of carbonyl (C=O) groups excluding carboxylic acids is 2. The molecule has 5 rings (SSSR count). The number of benzene rings is 2. The van der Waals surface area contributed by atoms with Gasteiger partial charge in [0.05, 0.1) is 11.4 Å². The van der Waals surface area contributed by atoms with Crippen LogP contribution < -0.4 is 10.6 Å². The fourth-order valence-corrected chi connectivity index (χ4v) is 5.74. The van der Waals surface area contributed by atoms with Crippen LogP contribution in [-0.4, -0.2) is 44.4 Å². The van der Waals surface area contributed by atoms with Crippen molar-refractivity contribution in [2.45, 2.75) is 84.6 Å². The van der Waals surface area contributed by atoms with Gasteiger partial charge in [0.15, 0.2) is 0 Å². The molecule has 2 atom stereocenters. The molecule has 0 saturated carbocycles. The van der Waals surface area contributed by atoms with Gasteiger partial charge in [-0.25, -0.2) is 9.37 Å². The van der Waals surface area contributed by atoms with Crippen molar-refractivity contribution in [2.24, 2.45) is 0 Å². The number of nitrogens with zero attached hydrogens (tertiary/aromatic N) is 3. The Kier molecular flexibility index (Phi) is 10.3. The maximum absolute atomic E-state index is 13.8. The number of rotatable bonds is 12. The van der Waals surface area contributed by atoms with Crippen molar-refractivity contribution in [2.75, 3.05) is 11.9 Å². The van der Waals surface area contributed by atoms with Crippen LogP contribution >= 0.6 is 0 Å². The van der Waals surface area contributed by atoms with Gasteiger partial charge >= 0.3 is 0 Å². The number of amides is 2. The topological polar surface area (TPSA) is 121 Å². The number of anilines is 1. The maximum Gasteiger partial charge on any atom is 0.254 e. The van der Waals surface area contributed by atoms with E-state index in [9.17, 15) is 19.1 Å². The Balaban J connectivity index is 1.17. The number of hydrogen-bond donors (Lipinski definition) is 3. The fourth-order valence-electron chi connectivity index (χ4n) is 5.74. The monoisotopic (exact) mass is 627 g/mol. The number of nitrogens with one attached hydrogen (secondary N) is 2. The number of pyridine rings is 1. The van der Waals surface area contributed by atoms with Gasteiger partial charge in [-0.15, -0.1) is 0 Å². The Labute approximate surface area is 269 Å². The summed E-state index contributed by atoms with van der Waals surface area (Å²) in [5, 5.41) is 16.9. The number of aryl methyl sites for hydroxylation is 2. The minimum absolute atomic E-state index is 0.153. The number of likely N-dealkylation sites (tertiary alicyclic amines) is 1. The van der Waals surface area contributed by atoms with Crippen LogP contribution in [0.1, 0.15) is 107 Å². The summed E-state index contributed by atoms with van der Waals surface area (Å²) in [6, 6.07) is 11.7. The van der Waals surface area contributed by atoms with Crippen molar-refractivity contribution in [3.63, 3.8) is 0 Å². The average molecular weight is 628 g/mol. The molecule has 0 bridgehead atoms. The minimum Gasteiger partial charge on any atom is -0.506 e. The smallest absolute Gasteiger partial charge is 0.254 e. The van der Waals surface area contributed by atoms with E-state index < -0.39 is 6.67 Å². The summed E-state index contributed by atoms with van der Waals surface area (Å²) in [7, 11) is 0. The molecule has 10 heteroatoms. The van der Waals surface area contributed by atoms with E-state index in [2.05, 4.69) is 40.5 Å². The van der Waals surface area contributed by atoms with Gasteiger partial charge in [0.25, 0.3) is 11.8 Å². The van der Waals surface area contributed by atoms with Gasteiger partial charge in [-0.2, -0.15) is 0 Å². The van der Waals surface area contributed by atoms with E-state index in [1.54, 1.807) is 17.2 Å². The van der Waals surface area contributed by atoms with E-state index in [0.29, 0.717) is 43.4 Å². The third kappa shape index (κ3) is 7.91. The number of alkyl halides is 1. The van der Waals surface area contributed by atoms with Crippen molar-refractivity contribution in [1.29, 1.82) is 0 Å². The van der Waals surface area contributed by atoms with Crippen LogP contribution in [0.15, 0.2) is 65.5 Å². The van der Waals surface area contributed by atoms with Crippen LogP contribution in [0.2, 0.25) is 0 Å².